The fraction of sp³-hybridized carbons (Fsp3) is 0.257. The van der Waals surface area contributed by atoms with Gasteiger partial charge in [0.15, 0.2) is 23.1 Å². The molecule has 3 aliphatic carbocycles. The maximum Gasteiger partial charge on any atom is 0.257 e. The first kappa shape index (κ1) is 27.0. The van der Waals surface area contributed by atoms with E-state index in [2.05, 4.69) is 0 Å². The number of hydroxylamine groups is 2. The number of phenols is 1. The van der Waals surface area contributed by atoms with E-state index in [1.165, 1.54) is 13.2 Å². The van der Waals surface area contributed by atoms with Crippen LogP contribution in [-0.4, -0.2) is 45.9 Å². The number of aromatic hydroxyl groups is 1. The Labute approximate surface area is 247 Å². The lowest BCUT2D eigenvalue weighted by molar-refractivity contribution is -0.173. The lowest BCUT2D eigenvalue weighted by Gasteiger charge is -2.55. The Morgan fingerprint density at radius 2 is 1.58 bits per heavy atom. The van der Waals surface area contributed by atoms with Crippen LogP contribution in [-0.2, 0) is 24.6 Å². The molecule has 0 bridgehead atoms. The summed E-state index contributed by atoms with van der Waals surface area (Å²) in [6, 6.07) is 23.2. The normalized spacial score (nSPS) is 29.8. The standard InChI is InChI=1S/C35H29NO7/c1-43-28-15-12-20(16-27(28)37)31-22-13-14-23-30(34(41)36(42)33(23)40)25(22)17-26-32(39)24(19-8-4-2-5-9-19)18-29(38)35(26,31)21-10-6-3-7-11-21/h2-13,15-16,18,23,25-26,30-31,37,42H,14,17H2,1H3/t23-,25+,26-,30-,31-,35-/m0/s1. The summed E-state index contributed by atoms with van der Waals surface area (Å²) in [5, 5.41) is 21.4. The fourth-order valence-electron chi connectivity index (χ4n) is 8.12. The quantitative estimate of drug-likeness (QED) is 0.265. The molecule has 7 rings (SSSR count). The van der Waals surface area contributed by atoms with Gasteiger partial charge in [-0.1, -0.05) is 78.4 Å². The predicted octanol–water partition coefficient (Wildman–Crippen LogP) is 4.61. The molecule has 3 aromatic carbocycles. The molecule has 0 radical (unpaired) electrons. The van der Waals surface area contributed by atoms with Crippen molar-refractivity contribution in [1.82, 2.24) is 5.06 Å². The number of nitrogens with zero attached hydrogens (tertiary/aromatic N) is 1. The third kappa shape index (κ3) is 3.72. The lowest BCUT2D eigenvalue weighted by atomic mass is 9.44. The molecule has 1 saturated heterocycles. The summed E-state index contributed by atoms with van der Waals surface area (Å²) in [5.74, 6) is -5.54. The number of benzene rings is 3. The van der Waals surface area contributed by atoms with Crippen molar-refractivity contribution in [3.63, 3.8) is 0 Å². The lowest BCUT2D eigenvalue weighted by Crippen LogP contribution is -2.58. The van der Waals surface area contributed by atoms with Crippen LogP contribution in [0, 0.1) is 23.7 Å². The third-order valence-corrected chi connectivity index (χ3v) is 9.89. The molecule has 0 unspecified atom stereocenters. The first-order chi connectivity index (χ1) is 20.8. The van der Waals surface area contributed by atoms with Gasteiger partial charge < -0.3 is 9.84 Å². The van der Waals surface area contributed by atoms with Gasteiger partial charge in [-0.05, 0) is 53.7 Å². The molecule has 3 aromatic rings. The molecule has 2 N–H and O–H groups in total. The van der Waals surface area contributed by atoms with Crippen molar-refractivity contribution in [3.05, 3.63) is 113 Å². The average molecular weight is 576 g/mol. The van der Waals surface area contributed by atoms with Gasteiger partial charge in [0.25, 0.3) is 11.8 Å². The van der Waals surface area contributed by atoms with Crippen LogP contribution < -0.4 is 4.74 Å². The zero-order valence-electron chi connectivity index (χ0n) is 23.3. The number of fused-ring (bicyclic) bond motifs is 4. The van der Waals surface area contributed by atoms with Crippen molar-refractivity contribution in [2.75, 3.05) is 7.11 Å². The molecule has 8 nitrogen and oxygen atoms in total. The maximum atomic E-state index is 14.8. The van der Waals surface area contributed by atoms with E-state index >= 15 is 0 Å². The number of imide groups is 1. The Kier molecular flexibility index (Phi) is 6.21. The number of hydrogen-bond acceptors (Lipinski definition) is 7. The van der Waals surface area contributed by atoms with E-state index in [1.54, 1.807) is 30.3 Å². The van der Waals surface area contributed by atoms with Crippen LogP contribution in [0.25, 0.3) is 5.57 Å². The first-order valence-electron chi connectivity index (χ1n) is 14.3. The highest BCUT2D eigenvalue weighted by Crippen LogP contribution is 2.63. The number of allylic oxidation sites excluding steroid dienone is 4. The number of carbonyl (C=O) groups is 4. The van der Waals surface area contributed by atoms with E-state index in [4.69, 9.17) is 4.74 Å². The second kappa shape index (κ2) is 9.88. The largest absolute Gasteiger partial charge is 0.504 e. The number of ether oxygens (including phenoxy) is 1. The summed E-state index contributed by atoms with van der Waals surface area (Å²) in [7, 11) is 1.44. The number of rotatable bonds is 4. The van der Waals surface area contributed by atoms with Crippen molar-refractivity contribution < 1.29 is 34.2 Å². The van der Waals surface area contributed by atoms with E-state index in [-0.39, 0.29) is 41.0 Å². The van der Waals surface area contributed by atoms with Crippen molar-refractivity contribution >= 4 is 29.0 Å². The second-order valence-electron chi connectivity index (χ2n) is 11.7. The SMILES string of the molecule is COc1ccc([C@H]2C3=CC[C@@H]4C(=O)N(O)C(=O)[C@@H]4[C@@H]3C[C@H]3C(=O)C(c4ccccc4)=CC(=O)[C@@]23c2ccccc2)cc1O. The first-order valence-corrected chi connectivity index (χ1v) is 14.3. The molecule has 1 saturated carbocycles. The Balaban J connectivity index is 1.52. The monoisotopic (exact) mass is 575 g/mol. The van der Waals surface area contributed by atoms with Gasteiger partial charge in [-0.25, -0.2) is 0 Å². The number of carbonyl (C=O) groups excluding carboxylic acids is 4. The van der Waals surface area contributed by atoms with Crippen LogP contribution in [0.1, 0.15) is 35.4 Å². The summed E-state index contributed by atoms with van der Waals surface area (Å²) in [6.45, 7) is 0. The van der Waals surface area contributed by atoms with Crippen LogP contribution in [0.5, 0.6) is 11.5 Å². The average Bonchev–Trinajstić information content (AvgIpc) is 3.26. The number of Topliss-reactive ketones (excluding diaryl/α,β-unsaturated/α-hetero) is 1. The molecule has 6 atom stereocenters. The summed E-state index contributed by atoms with van der Waals surface area (Å²) in [4.78, 5) is 55.7. The molecule has 8 heteroatoms. The molecule has 4 aliphatic rings. The van der Waals surface area contributed by atoms with Gasteiger partial charge in [0.05, 0.1) is 24.4 Å². The third-order valence-electron chi connectivity index (χ3n) is 9.89. The van der Waals surface area contributed by atoms with Gasteiger partial charge in [-0.3, -0.25) is 24.4 Å². The van der Waals surface area contributed by atoms with Crippen LogP contribution in [0.2, 0.25) is 0 Å². The molecule has 0 spiro atoms. The van der Waals surface area contributed by atoms with Gasteiger partial charge in [0.2, 0.25) is 0 Å². The van der Waals surface area contributed by atoms with Crippen molar-refractivity contribution in [2.45, 2.75) is 24.2 Å². The smallest absolute Gasteiger partial charge is 0.257 e. The van der Waals surface area contributed by atoms with Gasteiger partial charge >= 0.3 is 0 Å². The van der Waals surface area contributed by atoms with E-state index in [1.807, 2.05) is 54.6 Å². The molecule has 1 heterocycles. The van der Waals surface area contributed by atoms with E-state index in [9.17, 15) is 29.5 Å². The van der Waals surface area contributed by atoms with Gasteiger partial charge in [0, 0.05) is 17.4 Å². The number of hydrogen-bond donors (Lipinski definition) is 2. The minimum Gasteiger partial charge on any atom is -0.504 e. The highest BCUT2D eigenvalue weighted by molar-refractivity contribution is 6.31. The van der Waals surface area contributed by atoms with Crippen LogP contribution in [0.3, 0.4) is 0 Å². The molecular weight excluding hydrogens is 546 g/mol. The second-order valence-corrected chi connectivity index (χ2v) is 11.7. The Hall–Kier alpha value is -4.82. The molecule has 1 aliphatic heterocycles. The zero-order chi connectivity index (χ0) is 30.0. The topological polar surface area (TPSA) is 121 Å². The van der Waals surface area contributed by atoms with E-state index < -0.39 is 46.8 Å². The summed E-state index contributed by atoms with van der Waals surface area (Å²) >= 11 is 0. The van der Waals surface area contributed by atoms with Crippen molar-refractivity contribution in [1.29, 1.82) is 0 Å². The molecule has 0 aromatic heterocycles. The highest BCUT2D eigenvalue weighted by atomic mass is 16.5. The highest BCUT2D eigenvalue weighted by Gasteiger charge is 2.66. The molecule has 43 heavy (non-hydrogen) atoms. The number of methoxy groups -OCH3 is 1. The molecule has 216 valence electrons. The van der Waals surface area contributed by atoms with E-state index in [0.717, 1.165) is 5.57 Å². The number of ketones is 2. The van der Waals surface area contributed by atoms with Gasteiger partial charge in [0.1, 0.15) is 0 Å². The minimum atomic E-state index is -1.39. The number of phenolic OH excluding ortho intramolecular Hbond substituents is 1. The Morgan fingerprint density at radius 1 is 0.884 bits per heavy atom. The fourth-order valence-corrected chi connectivity index (χ4v) is 8.12. The van der Waals surface area contributed by atoms with E-state index in [0.29, 0.717) is 22.3 Å². The molecular formula is C35H29NO7. The summed E-state index contributed by atoms with van der Waals surface area (Å²) in [6.07, 6.45) is 3.70. The molecule has 2 fully saturated rings. The Bertz CT molecular complexity index is 1740. The van der Waals surface area contributed by atoms with Gasteiger partial charge in [-0.15, -0.1) is 0 Å². The van der Waals surface area contributed by atoms with Crippen LogP contribution >= 0.6 is 0 Å². The minimum absolute atomic E-state index is 0.125. The molecule has 2 amide bonds. The van der Waals surface area contributed by atoms with Gasteiger partial charge in [-0.2, -0.15) is 5.06 Å². The van der Waals surface area contributed by atoms with Crippen molar-refractivity contribution in [3.8, 4) is 11.5 Å². The summed E-state index contributed by atoms with van der Waals surface area (Å²) < 4.78 is 5.30. The van der Waals surface area contributed by atoms with Crippen molar-refractivity contribution in [2.24, 2.45) is 23.7 Å². The maximum absolute atomic E-state index is 14.8. The Morgan fingerprint density at radius 3 is 2.26 bits per heavy atom. The van der Waals surface area contributed by atoms with Crippen LogP contribution in [0.4, 0.5) is 0 Å². The van der Waals surface area contributed by atoms with Crippen LogP contribution in [0.15, 0.2) is 96.6 Å². The number of amides is 2. The predicted molar refractivity (Wildman–Crippen MR) is 155 cm³/mol. The summed E-state index contributed by atoms with van der Waals surface area (Å²) in [5.41, 5.74) is 1.52. The zero-order valence-corrected chi connectivity index (χ0v) is 23.3.